The number of hydrogen-bond acceptors (Lipinski definition) is 6. The van der Waals surface area contributed by atoms with E-state index >= 15 is 0 Å². The van der Waals surface area contributed by atoms with Gasteiger partial charge in [0.25, 0.3) is 0 Å². The lowest BCUT2D eigenvalue weighted by Crippen LogP contribution is -2.29. The summed E-state index contributed by atoms with van der Waals surface area (Å²) in [5.74, 6) is -2.18. The quantitative estimate of drug-likeness (QED) is 0.367. The van der Waals surface area contributed by atoms with Crippen LogP contribution in [0.2, 0.25) is 0 Å². The highest BCUT2D eigenvalue weighted by Crippen LogP contribution is 2.05. The van der Waals surface area contributed by atoms with E-state index in [1.807, 2.05) is 13.8 Å². The summed E-state index contributed by atoms with van der Waals surface area (Å²) in [5, 5.41) is 26.5. The summed E-state index contributed by atoms with van der Waals surface area (Å²) in [5.41, 5.74) is 0. The van der Waals surface area contributed by atoms with Crippen LogP contribution >= 0.6 is 0 Å². The average molecular weight is 374 g/mol. The molecule has 0 spiro atoms. The molecule has 0 rings (SSSR count). The molecule has 3 N–H and O–H groups in total. The molecular formula is C18H30O8. The van der Waals surface area contributed by atoms with E-state index in [9.17, 15) is 14.7 Å². The molecule has 0 aromatic carbocycles. The average Bonchev–Trinajstić information content (AvgIpc) is 2.55. The Morgan fingerprint density at radius 1 is 0.808 bits per heavy atom. The predicted molar refractivity (Wildman–Crippen MR) is 94.9 cm³/mol. The molecule has 8 heteroatoms. The third kappa shape index (κ3) is 15.8. The fraction of sp³-hybridized carbons (Fsp3) is 0.667. The second-order valence-electron chi connectivity index (χ2n) is 6.23. The van der Waals surface area contributed by atoms with Crippen molar-refractivity contribution in [3.63, 3.8) is 0 Å². The van der Waals surface area contributed by atoms with Gasteiger partial charge in [-0.05, 0) is 18.8 Å². The van der Waals surface area contributed by atoms with Crippen molar-refractivity contribution in [1.29, 1.82) is 0 Å². The molecule has 0 heterocycles. The lowest BCUT2D eigenvalue weighted by molar-refractivity contribution is -0.132. The molecule has 0 fully saturated rings. The number of aliphatic carboxylic acids is 2. The lowest BCUT2D eigenvalue weighted by atomic mass is 10.2. The van der Waals surface area contributed by atoms with Crippen LogP contribution in [0.3, 0.4) is 0 Å². The van der Waals surface area contributed by atoms with Gasteiger partial charge in [-0.2, -0.15) is 0 Å². The van der Waals surface area contributed by atoms with Crippen LogP contribution in [0, 0.1) is 11.8 Å². The summed E-state index contributed by atoms with van der Waals surface area (Å²) < 4.78 is 16.6. The Labute approximate surface area is 154 Å². The first-order chi connectivity index (χ1) is 12.2. The summed E-state index contributed by atoms with van der Waals surface area (Å²) in [6.07, 6.45) is 4.25. The highest BCUT2D eigenvalue weighted by Gasteiger charge is 2.13. The van der Waals surface area contributed by atoms with Gasteiger partial charge in [-0.1, -0.05) is 26.0 Å². The van der Waals surface area contributed by atoms with Gasteiger partial charge in [-0.25, -0.2) is 9.59 Å². The maximum Gasteiger partial charge on any atom is 0.327 e. The van der Waals surface area contributed by atoms with Crippen molar-refractivity contribution in [2.24, 2.45) is 11.8 Å². The van der Waals surface area contributed by atoms with E-state index < -0.39 is 18.0 Å². The maximum absolute atomic E-state index is 10.5. The number of ether oxygens (including phenoxy) is 3. The van der Waals surface area contributed by atoms with E-state index in [4.69, 9.17) is 24.4 Å². The molecule has 0 aromatic rings. The smallest absolute Gasteiger partial charge is 0.327 e. The summed E-state index contributed by atoms with van der Waals surface area (Å²) in [7, 11) is 0. The van der Waals surface area contributed by atoms with Gasteiger partial charge >= 0.3 is 11.9 Å². The van der Waals surface area contributed by atoms with E-state index in [0.717, 1.165) is 12.2 Å². The number of rotatable bonds is 15. The topological polar surface area (TPSA) is 123 Å². The Hall–Kier alpha value is -1.74. The van der Waals surface area contributed by atoms with Gasteiger partial charge in [0.2, 0.25) is 0 Å². The fourth-order valence-corrected chi connectivity index (χ4v) is 1.79. The first-order valence-electron chi connectivity index (χ1n) is 8.48. The van der Waals surface area contributed by atoms with Gasteiger partial charge in [-0.15, -0.1) is 0 Å². The van der Waals surface area contributed by atoms with Gasteiger partial charge < -0.3 is 29.5 Å². The number of aliphatic hydroxyl groups is 1. The maximum atomic E-state index is 10.5. The Kier molecular flexibility index (Phi) is 13.5. The van der Waals surface area contributed by atoms with Crippen LogP contribution in [0.15, 0.2) is 24.3 Å². The Morgan fingerprint density at radius 2 is 1.27 bits per heavy atom. The molecule has 0 amide bonds. The molecule has 0 bridgehead atoms. The highest BCUT2D eigenvalue weighted by molar-refractivity contribution is 5.80. The van der Waals surface area contributed by atoms with Crippen molar-refractivity contribution < 1.29 is 39.1 Å². The zero-order valence-electron chi connectivity index (χ0n) is 15.5. The van der Waals surface area contributed by atoms with Crippen LogP contribution < -0.4 is 0 Å². The second-order valence-corrected chi connectivity index (χ2v) is 6.23. The van der Waals surface area contributed by atoms with E-state index in [-0.39, 0.29) is 37.8 Å². The Morgan fingerprint density at radius 3 is 1.73 bits per heavy atom. The molecule has 0 aliphatic rings. The zero-order chi connectivity index (χ0) is 19.9. The molecule has 8 nitrogen and oxygen atoms in total. The number of carboxylic acids is 2. The van der Waals surface area contributed by atoms with E-state index in [0.29, 0.717) is 13.2 Å². The van der Waals surface area contributed by atoms with E-state index in [2.05, 4.69) is 0 Å². The fourth-order valence-electron chi connectivity index (χ4n) is 1.79. The van der Waals surface area contributed by atoms with E-state index in [1.165, 1.54) is 6.08 Å². The number of carbonyl (C=O) groups is 2. The highest BCUT2D eigenvalue weighted by atomic mass is 16.6. The molecule has 26 heavy (non-hydrogen) atoms. The summed E-state index contributed by atoms with van der Waals surface area (Å²) in [6, 6.07) is 0. The molecule has 150 valence electrons. The standard InChI is InChI=1S/C18H30O8/c1-13(4-6-17(20)21)8-24-11-16(12-25-10-15(3)19)26-9-14(2)5-7-18(22)23/h4-7,13-16,19H,8-12H2,1-3H3,(H,20,21)(H,22,23)/b6-4+,7-5+. The summed E-state index contributed by atoms with van der Waals surface area (Å²) in [6.45, 7) is 6.53. The van der Waals surface area contributed by atoms with Gasteiger partial charge in [0, 0.05) is 12.2 Å². The van der Waals surface area contributed by atoms with Crippen molar-refractivity contribution in [2.75, 3.05) is 33.0 Å². The lowest BCUT2D eigenvalue weighted by Gasteiger charge is -2.20. The molecular weight excluding hydrogens is 344 g/mol. The minimum atomic E-state index is -1.01. The molecule has 0 aromatic heterocycles. The molecule has 0 aliphatic carbocycles. The first kappa shape index (κ1) is 24.3. The molecule has 0 saturated heterocycles. The van der Waals surface area contributed by atoms with Crippen molar-refractivity contribution in [1.82, 2.24) is 0 Å². The van der Waals surface area contributed by atoms with Gasteiger partial charge in [0.15, 0.2) is 0 Å². The largest absolute Gasteiger partial charge is 0.478 e. The SMILES string of the molecule is CC(O)COCC(COCC(C)/C=C/C(=O)O)OCC(C)/C=C/C(=O)O. The second kappa shape index (κ2) is 14.4. The van der Waals surface area contributed by atoms with Crippen LogP contribution in [-0.2, 0) is 23.8 Å². The van der Waals surface area contributed by atoms with Crippen LogP contribution in [0.25, 0.3) is 0 Å². The minimum absolute atomic E-state index is 0.0671. The minimum Gasteiger partial charge on any atom is -0.478 e. The number of aliphatic hydroxyl groups excluding tert-OH is 1. The molecule has 4 unspecified atom stereocenters. The van der Waals surface area contributed by atoms with Crippen LogP contribution in [0.5, 0.6) is 0 Å². The first-order valence-corrected chi connectivity index (χ1v) is 8.48. The van der Waals surface area contributed by atoms with Crippen LogP contribution in [0.1, 0.15) is 20.8 Å². The molecule has 0 saturated carbocycles. The van der Waals surface area contributed by atoms with Crippen molar-refractivity contribution in [3.05, 3.63) is 24.3 Å². The summed E-state index contributed by atoms with van der Waals surface area (Å²) in [4.78, 5) is 21.0. The van der Waals surface area contributed by atoms with Crippen molar-refractivity contribution >= 4 is 11.9 Å². The normalized spacial score (nSPS) is 16.6. The Bertz CT molecular complexity index is 458. The van der Waals surface area contributed by atoms with Gasteiger partial charge in [0.1, 0.15) is 6.10 Å². The zero-order valence-corrected chi connectivity index (χ0v) is 15.5. The number of hydrogen-bond donors (Lipinski definition) is 3. The molecule has 4 atom stereocenters. The van der Waals surface area contributed by atoms with Crippen LogP contribution in [-0.4, -0.2) is 72.5 Å². The third-order valence-electron chi connectivity index (χ3n) is 3.08. The van der Waals surface area contributed by atoms with Crippen LogP contribution in [0.4, 0.5) is 0 Å². The number of carboxylic acid groups (broad SMARTS) is 2. The monoisotopic (exact) mass is 374 g/mol. The van der Waals surface area contributed by atoms with E-state index in [1.54, 1.807) is 13.0 Å². The molecule has 0 radical (unpaired) electrons. The molecule has 0 aliphatic heterocycles. The third-order valence-corrected chi connectivity index (χ3v) is 3.08. The predicted octanol–water partition coefficient (Wildman–Crippen LogP) is 1.34. The Balaban J connectivity index is 4.36. The van der Waals surface area contributed by atoms with Gasteiger partial charge in [-0.3, -0.25) is 0 Å². The summed E-state index contributed by atoms with van der Waals surface area (Å²) >= 11 is 0. The van der Waals surface area contributed by atoms with Gasteiger partial charge in [0.05, 0.1) is 39.1 Å². The van der Waals surface area contributed by atoms with Crippen molar-refractivity contribution in [3.8, 4) is 0 Å². The van der Waals surface area contributed by atoms with Crippen molar-refractivity contribution in [2.45, 2.75) is 33.0 Å².